The van der Waals surface area contributed by atoms with Crippen molar-refractivity contribution >= 4 is 5.91 Å². The maximum Gasteiger partial charge on any atom is 0.222 e. The van der Waals surface area contributed by atoms with Crippen molar-refractivity contribution in [3.05, 3.63) is 24.3 Å². The van der Waals surface area contributed by atoms with E-state index in [-0.39, 0.29) is 18.9 Å². The van der Waals surface area contributed by atoms with E-state index in [1.807, 2.05) is 0 Å². The van der Waals surface area contributed by atoms with Crippen molar-refractivity contribution in [3.8, 4) is 0 Å². The molecule has 3 unspecified atom stereocenters. The molecule has 0 aliphatic rings. The highest BCUT2D eigenvalue weighted by Gasteiger charge is 2.21. The number of aliphatic hydroxyl groups excluding tert-OH is 3. The molecule has 5 nitrogen and oxygen atoms in total. The quantitative estimate of drug-likeness (QED) is 0.0377. The summed E-state index contributed by atoms with van der Waals surface area (Å²) < 4.78 is 0. The van der Waals surface area contributed by atoms with Gasteiger partial charge >= 0.3 is 0 Å². The molecule has 0 saturated carbocycles. The minimum Gasteiger partial charge on any atom is -0.394 e. The number of carbonyl (C=O) groups excluding carboxylic acids is 1. The summed E-state index contributed by atoms with van der Waals surface area (Å²) in [5.74, 6) is -0.290. The molecule has 50 heavy (non-hydrogen) atoms. The Hall–Kier alpha value is -1.17. The van der Waals surface area contributed by atoms with Crippen LogP contribution in [0.5, 0.6) is 0 Å². The van der Waals surface area contributed by atoms with Gasteiger partial charge < -0.3 is 20.6 Å². The van der Waals surface area contributed by atoms with Gasteiger partial charge in [0.05, 0.1) is 31.3 Å². The minimum absolute atomic E-state index is 0.0281. The third kappa shape index (κ3) is 36.6. The number of carbonyl (C=O) groups is 1. The molecular weight excluding hydrogens is 618 g/mol. The Morgan fingerprint density at radius 1 is 0.500 bits per heavy atom. The van der Waals surface area contributed by atoms with Gasteiger partial charge in [-0.05, 0) is 44.9 Å². The van der Waals surface area contributed by atoms with Crippen molar-refractivity contribution < 1.29 is 20.1 Å². The van der Waals surface area contributed by atoms with Crippen molar-refractivity contribution in [2.24, 2.45) is 0 Å². The lowest BCUT2D eigenvalue weighted by Crippen LogP contribution is -2.46. The number of nitrogens with one attached hydrogen (secondary N) is 1. The van der Waals surface area contributed by atoms with Crippen LogP contribution in [0.4, 0.5) is 0 Å². The average molecular weight is 706 g/mol. The highest BCUT2D eigenvalue weighted by atomic mass is 16.3. The third-order valence-electron chi connectivity index (χ3n) is 10.3. The van der Waals surface area contributed by atoms with Crippen LogP contribution in [0.15, 0.2) is 24.3 Å². The van der Waals surface area contributed by atoms with Gasteiger partial charge in [0, 0.05) is 0 Å². The van der Waals surface area contributed by atoms with Crippen LogP contribution in [0.25, 0.3) is 0 Å². The largest absolute Gasteiger partial charge is 0.394 e. The van der Waals surface area contributed by atoms with Crippen molar-refractivity contribution in [2.75, 3.05) is 6.61 Å². The molecule has 0 rings (SSSR count). The van der Waals surface area contributed by atoms with E-state index in [1.165, 1.54) is 154 Å². The van der Waals surface area contributed by atoms with E-state index in [9.17, 15) is 20.1 Å². The monoisotopic (exact) mass is 706 g/mol. The Morgan fingerprint density at radius 2 is 0.860 bits per heavy atom. The van der Waals surface area contributed by atoms with Crippen molar-refractivity contribution in [1.29, 1.82) is 0 Å². The van der Waals surface area contributed by atoms with Crippen LogP contribution in [0, 0.1) is 0 Å². The zero-order chi connectivity index (χ0) is 36.6. The van der Waals surface area contributed by atoms with Gasteiger partial charge in [0.1, 0.15) is 0 Å². The van der Waals surface area contributed by atoms with Gasteiger partial charge in [-0.3, -0.25) is 4.79 Å². The first-order valence-corrected chi connectivity index (χ1v) is 22.1. The Morgan fingerprint density at radius 3 is 1.30 bits per heavy atom. The molecule has 0 aromatic heterocycles. The molecule has 0 aromatic carbocycles. The van der Waals surface area contributed by atoms with Crippen LogP contribution in [0.3, 0.4) is 0 Å². The van der Waals surface area contributed by atoms with E-state index in [0.29, 0.717) is 12.8 Å². The number of unbranched alkanes of at least 4 members (excludes halogenated alkanes) is 27. The second-order valence-corrected chi connectivity index (χ2v) is 15.3. The number of allylic oxidation sites excluding steroid dienone is 4. The summed E-state index contributed by atoms with van der Waals surface area (Å²) in [5, 5.41) is 33.4. The average Bonchev–Trinajstić information content (AvgIpc) is 3.11. The molecule has 0 aliphatic carbocycles. The Kier molecular flexibility index (Phi) is 39.6. The van der Waals surface area contributed by atoms with Gasteiger partial charge in [-0.2, -0.15) is 0 Å². The van der Waals surface area contributed by atoms with E-state index in [1.54, 1.807) is 0 Å². The summed E-state index contributed by atoms with van der Waals surface area (Å²) in [6.07, 6.45) is 48.5. The van der Waals surface area contributed by atoms with E-state index >= 15 is 0 Å². The van der Waals surface area contributed by atoms with Crippen molar-refractivity contribution in [3.63, 3.8) is 0 Å². The van der Waals surface area contributed by atoms with E-state index in [2.05, 4.69) is 43.5 Å². The smallest absolute Gasteiger partial charge is 0.222 e. The summed E-state index contributed by atoms with van der Waals surface area (Å²) in [7, 11) is 0. The molecular formula is C45H87NO4. The number of rotatable bonds is 40. The van der Waals surface area contributed by atoms with Gasteiger partial charge in [-0.1, -0.05) is 205 Å². The third-order valence-corrected chi connectivity index (χ3v) is 10.3. The maximum atomic E-state index is 12.4. The fourth-order valence-corrected chi connectivity index (χ4v) is 6.85. The van der Waals surface area contributed by atoms with Crippen LogP contribution in [-0.4, -0.2) is 46.1 Å². The van der Waals surface area contributed by atoms with Crippen molar-refractivity contribution in [2.45, 2.75) is 250 Å². The van der Waals surface area contributed by atoms with Gasteiger partial charge in [-0.15, -0.1) is 0 Å². The molecule has 0 spiro atoms. The summed E-state index contributed by atoms with van der Waals surface area (Å²) in [4.78, 5) is 12.4. The highest BCUT2D eigenvalue weighted by Crippen LogP contribution is 2.16. The first kappa shape index (κ1) is 48.8. The Labute approximate surface area is 312 Å². The minimum atomic E-state index is -0.751. The van der Waals surface area contributed by atoms with Crippen LogP contribution < -0.4 is 5.32 Å². The van der Waals surface area contributed by atoms with E-state index in [4.69, 9.17) is 0 Å². The molecule has 0 aromatic rings. The highest BCUT2D eigenvalue weighted by molar-refractivity contribution is 5.76. The lowest BCUT2D eigenvalue weighted by atomic mass is 10.0. The number of aliphatic hydroxyl groups is 3. The van der Waals surface area contributed by atoms with Crippen LogP contribution in [0.1, 0.15) is 232 Å². The van der Waals surface area contributed by atoms with Crippen molar-refractivity contribution in [1.82, 2.24) is 5.32 Å². The summed E-state index contributed by atoms with van der Waals surface area (Å²) >= 11 is 0. The SMILES string of the molecule is CCCCC/C=C\C/C=C\CCCCCCCC(O)CC(=O)NC(CO)C(O)CCCCCCCCCCCCCCCCCCCCCC. The molecule has 0 radical (unpaired) electrons. The van der Waals surface area contributed by atoms with Gasteiger partial charge in [0.15, 0.2) is 0 Å². The topological polar surface area (TPSA) is 89.8 Å². The van der Waals surface area contributed by atoms with Crippen LogP contribution >= 0.6 is 0 Å². The van der Waals surface area contributed by atoms with Crippen LogP contribution in [0.2, 0.25) is 0 Å². The molecule has 1 amide bonds. The molecule has 0 aliphatic heterocycles. The summed E-state index contributed by atoms with van der Waals surface area (Å²) in [6, 6.07) is -0.661. The molecule has 3 atom stereocenters. The van der Waals surface area contributed by atoms with Gasteiger partial charge in [-0.25, -0.2) is 0 Å². The lowest BCUT2D eigenvalue weighted by molar-refractivity contribution is -0.125. The molecule has 0 saturated heterocycles. The molecule has 296 valence electrons. The fraction of sp³-hybridized carbons (Fsp3) is 0.889. The first-order chi connectivity index (χ1) is 24.5. The number of hydrogen-bond donors (Lipinski definition) is 4. The molecule has 0 heterocycles. The second-order valence-electron chi connectivity index (χ2n) is 15.3. The Bertz CT molecular complexity index is 739. The van der Waals surface area contributed by atoms with E-state index in [0.717, 1.165) is 44.9 Å². The Balaban J connectivity index is 3.62. The van der Waals surface area contributed by atoms with E-state index < -0.39 is 18.2 Å². The zero-order valence-corrected chi connectivity index (χ0v) is 33.5. The van der Waals surface area contributed by atoms with Gasteiger partial charge in [0.25, 0.3) is 0 Å². The zero-order valence-electron chi connectivity index (χ0n) is 33.5. The molecule has 0 bridgehead atoms. The lowest BCUT2D eigenvalue weighted by Gasteiger charge is -2.23. The maximum absolute atomic E-state index is 12.4. The fourth-order valence-electron chi connectivity index (χ4n) is 6.85. The first-order valence-electron chi connectivity index (χ1n) is 22.1. The number of amides is 1. The van der Waals surface area contributed by atoms with Gasteiger partial charge in [0.2, 0.25) is 5.91 Å². The predicted molar refractivity (Wildman–Crippen MR) is 218 cm³/mol. The summed E-state index contributed by atoms with van der Waals surface area (Å²) in [5.41, 5.74) is 0. The van der Waals surface area contributed by atoms with Crippen LogP contribution in [-0.2, 0) is 4.79 Å². The molecule has 0 fully saturated rings. The standard InChI is InChI=1S/C45H87NO4/c1-3-5-7-9-11-13-15-17-19-20-21-22-23-25-27-29-31-33-35-37-39-44(49)43(41-47)46-45(50)40-42(48)38-36-34-32-30-28-26-24-18-16-14-12-10-8-6-4-2/h12,14,18,24,42-44,47-49H,3-11,13,15-17,19-23,25-41H2,1-2H3,(H,46,50)/b14-12-,24-18-. The number of hydrogen-bond acceptors (Lipinski definition) is 4. The molecule has 4 N–H and O–H groups in total. The normalized spacial score (nSPS) is 13.8. The predicted octanol–water partition coefficient (Wildman–Crippen LogP) is 12.6. The summed E-state index contributed by atoms with van der Waals surface area (Å²) in [6.45, 7) is 4.24. The second kappa shape index (κ2) is 40.6. The molecule has 5 heteroatoms.